The number of Topliss-reactive ketones (excluding diaryl/α,β-unsaturated/α-hetero) is 1. The molecule has 1 aromatic heterocycles. The van der Waals surface area contributed by atoms with Crippen LogP contribution in [-0.4, -0.2) is 11.8 Å². The molecule has 0 aromatic carbocycles. The van der Waals surface area contributed by atoms with E-state index in [-0.39, 0.29) is 0 Å². The van der Waals surface area contributed by atoms with E-state index < -0.39 is 0 Å². The summed E-state index contributed by atoms with van der Waals surface area (Å²) in [5.74, 6) is 0.421. The zero-order valence-electron chi connectivity index (χ0n) is 7.45. The first-order chi connectivity index (χ1) is 6.34. The van der Waals surface area contributed by atoms with Gasteiger partial charge in [0.05, 0.1) is 5.00 Å². The van der Waals surface area contributed by atoms with Gasteiger partial charge in [-0.2, -0.15) is 0 Å². The molecule has 1 saturated carbocycles. The highest BCUT2D eigenvalue weighted by molar-refractivity contribution is 7.14. The molecule has 1 fully saturated rings. The van der Waals surface area contributed by atoms with Gasteiger partial charge in [0.25, 0.3) is 0 Å². The van der Waals surface area contributed by atoms with Crippen molar-refractivity contribution >= 4 is 22.1 Å². The lowest BCUT2D eigenvalue weighted by atomic mass is 9.94. The quantitative estimate of drug-likeness (QED) is 0.786. The average Bonchev–Trinajstić information content (AvgIpc) is 2.62. The SMILES string of the molecule is O=C1CCC(Nc2cccs2)CC1. The Labute approximate surface area is 82.0 Å². The van der Waals surface area contributed by atoms with E-state index in [4.69, 9.17) is 0 Å². The van der Waals surface area contributed by atoms with E-state index in [2.05, 4.69) is 16.8 Å². The molecule has 0 aliphatic heterocycles. The van der Waals surface area contributed by atoms with Crippen LogP contribution in [0.2, 0.25) is 0 Å². The van der Waals surface area contributed by atoms with Gasteiger partial charge in [-0.25, -0.2) is 0 Å². The fourth-order valence-corrected chi connectivity index (χ4v) is 2.34. The Morgan fingerprint density at radius 3 is 2.77 bits per heavy atom. The second-order valence-electron chi connectivity index (χ2n) is 3.43. The minimum absolute atomic E-state index is 0.421. The number of carbonyl (C=O) groups excluding carboxylic acids is 1. The predicted molar refractivity (Wildman–Crippen MR) is 55.2 cm³/mol. The van der Waals surface area contributed by atoms with E-state index in [1.54, 1.807) is 11.3 Å². The molecule has 0 bridgehead atoms. The molecular formula is C10H13NOS. The Morgan fingerprint density at radius 1 is 1.38 bits per heavy atom. The van der Waals surface area contributed by atoms with Crippen LogP contribution in [-0.2, 0) is 4.79 Å². The third-order valence-electron chi connectivity index (χ3n) is 2.41. The van der Waals surface area contributed by atoms with Crippen molar-refractivity contribution < 1.29 is 4.79 Å². The monoisotopic (exact) mass is 195 g/mol. The van der Waals surface area contributed by atoms with Crippen LogP contribution in [0.4, 0.5) is 5.00 Å². The van der Waals surface area contributed by atoms with Gasteiger partial charge in [0.1, 0.15) is 5.78 Å². The van der Waals surface area contributed by atoms with Gasteiger partial charge in [-0.05, 0) is 30.4 Å². The summed E-state index contributed by atoms with van der Waals surface area (Å²) in [6, 6.07) is 4.64. The third-order valence-corrected chi connectivity index (χ3v) is 3.21. The van der Waals surface area contributed by atoms with Crippen LogP contribution in [0.15, 0.2) is 17.5 Å². The summed E-state index contributed by atoms with van der Waals surface area (Å²) in [4.78, 5) is 11.0. The molecule has 1 aromatic rings. The molecule has 1 N–H and O–H groups in total. The number of thiophene rings is 1. The van der Waals surface area contributed by atoms with Crippen molar-refractivity contribution in [2.45, 2.75) is 31.7 Å². The van der Waals surface area contributed by atoms with Crippen LogP contribution in [0.1, 0.15) is 25.7 Å². The van der Waals surface area contributed by atoms with E-state index in [1.807, 2.05) is 6.07 Å². The molecular weight excluding hydrogens is 182 g/mol. The standard InChI is InChI=1S/C10H13NOS/c12-9-5-3-8(4-6-9)11-10-2-1-7-13-10/h1-2,7-8,11H,3-6H2. The Balaban J connectivity index is 1.86. The van der Waals surface area contributed by atoms with E-state index in [0.717, 1.165) is 25.7 Å². The zero-order valence-corrected chi connectivity index (χ0v) is 8.27. The first kappa shape index (κ1) is 8.75. The van der Waals surface area contributed by atoms with E-state index in [1.165, 1.54) is 5.00 Å². The summed E-state index contributed by atoms with van der Waals surface area (Å²) in [5, 5.41) is 6.74. The number of nitrogens with one attached hydrogen (secondary N) is 1. The van der Waals surface area contributed by atoms with Crippen LogP contribution in [0, 0.1) is 0 Å². The zero-order chi connectivity index (χ0) is 9.10. The Bertz CT molecular complexity index is 271. The minimum atomic E-state index is 0.421. The fraction of sp³-hybridized carbons (Fsp3) is 0.500. The molecule has 1 aliphatic rings. The largest absolute Gasteiger partial charge is 0.374 e. The Hall–Kier alpha value is -0.830. The van der Waals surface area contributed by atoms with Gasteiger partial charge in [0.2, 0.25) is 0 Å². The average molecular weight is 195 g/mol. The maximum absolute atomic E-state index is 11.0. The molecule has 13 heavy (non-hydrogen) atoms. The lowest BCUT2D eigenvalue weighted by molar-refractivity contribution is -0.120. The van der Waals surface area contributed by atoms with Crippen molar-refractivity contribution in [2.75, 3.05) is 5.32 Å². The van der Waals surface area contributed by atoms with E-state index in [0.29, 0.717) is 11.8 Å². The lowest BCUT2D eigenvalue weighted by Gasteiger charge is -2.22. The summed E-state index contributed by atoms with van der Waals surface area (Å²) in [6.45, 7) is 0. The molecule has 0 atom stereocenters. The Morgan fingerprint density at radius 2 is 2.15 bits per heavy atom. The smallest absolute Gasteiger partial charge is 0.133 e. The van der Waals surface area contributed by atoms with Gasteiger partial charge in [-0.15, -0.1) is 11.3 Å². The van der Waals surface area contributed by atoms with Crippen LogP contribution in [0.3, 0.4) is 0 Å². The summed E-state index contributed by atoms with van der Waals surface area (Å²) < 4.78 is 0. The number of rotatable bonds is 2. The molecule has 2 rings (SSSR count). The van der Waals surface area contributed by atoms with Crippen molar-refractivity contribution in [1.29, 1.82) is 0 Å². The topological polar surface area (TPSA) is 29.1 Å². The fourth-order valence-electron chi connectivity index (χ4n) is 1.65. The second kappa shape index (κ2) is 3.92. The number of carbonyl (C=O) groups is 1. The maximum atomic E-state index is 11.0. The van der Waals surface area contributed by atoms with Gasteiger partial charge >= 0.3 is 0 Å². The van der Waals surface area contributed by atoms with Crippen molar-refractivity contribution in [3.05, 3.63) is 17.5 Å². The first-order valence-corrected chi connectivity index (χ1v) is 5.54. The molecule has 1 aliphatic carbocycles. The van der Waals surface area contributed by atoms with E-state index >= 15 is 0 Å². The molecule has 2 nitrogen and oxygen atoms in total. The van der Waals surface area contributed by atoms with Gasteiger partial charge in [-0.1, -0.05) is 0 Å². The van der Waals surface area contributed by atoms with Crippen LogP contribution in [0.5, 0.6) is 0 Å². The van der Waals surface area contributed by atoms with Crippen molar-refractivity contribution in [2.24, 2.45) is 0 Å². The molecule has 3 heteroatoms. The normalized spacial score (nSPS) is 18.9. The first-order valence-electron chi connectivity index (χ1n) is 4.66. The molecule has 0 amide bonds. The van der Waals surface area contributed by atoms with E-state index in [9.17, 15) is 4.79 Å². The molecule has 1 heterocycles. The lowest BCUT2D eigenvalue weighted by Crippen LogP contribution is -2.25. The number of ketones is 1. The molecule has 0 saturated heterocycles. The highest BCUT2D eigenvalue weighted by atomic mass is 32.1. The van der Waals surface area contributed by atoms with Crippen molar-refractivity contribution in [1.82, 2.24) is 0 Å². The molecule has 0 radical (unpaired) electrons. The van der Waals surface area contributed by atoms with Gasteiger partial charge in [0, 0.05) is 18.9 Å². The summed E-state index contributed by atoms with van der Waals surface area (Å²) in [7, 11) is 0. The minimum Gasteiger partial charge on any atom is -0.374 e. The number of hydrogen-bond donors (Lipinski definition) is 1. The summed E-state index contributed by atoms with van der Waals surface area (Å²) in [5.41, 5.74) is 0. The van der Waals surface area contributed by atoms with Gasteiger partial charge in [-0.3, -0.25) is 4.79 Å². The second-order valence-corrected chi connectivity index (χ2v) is 4.38. The number of anilines is 1. The molecule has 0 spiro atoms. The maximum Gasteiger partial charge on any atom is 0.133 e. The molecule has 70 valence electrons. The number of hydrogen-bond acceptors (Lipinski definition) is 3. The van der Waals surface area contributed by atoms with Crippen LogP contribution >= 0.6 is 11.3 Å². The van der Waals surface area contributed by atoms with Crippen LogP contribution in [0.25, 0.3) is 0 Å². The summed E-state index contributed by atoms with van der Waals surface area (Å²) in [6.07, 6.45) is 3.50. The van der Waals surface area contributed by atoms with Gasteiger partial charge in [0.15, 0.2) is 0 Å². The summed E-state index contributed by atoms with van der Waals surface area (Å²) >= 11 is 1.72. The third kappa shape index (κ3) is 2.31. The highest BCUT2D eigenvalue weighted by Crippen LogP contribution is 2.22. The Kier molecular flexibility index (Phi) is 2.64. The van der Waals surface area contributed by atoms with Crippen LogP contribution < -0.4 is 5.32 Å². The highest BCUT2D eigenvalue weighted by Gasteiger charge is 2.18. The predicted octanol–water partition coefficient (Wildman–Crippen LogP) is 2.67. The van der Waals surface area contributed by atoms with Crippen molar-refractivity contribution in [3.8, 4) is 0 Å². The molecule has 0 unspecified atom stereocenters. The van der Waals surface area contributed by atoms with Crippen molar-refractivity contribution in [3.63, 3.8) is 0 Å². The van der Waals surface area contributed by atoms with Gasteiger partial charge < -0.3 is 5.32 Å².